The van der Waals surface area contributed by atoms with E-state index in [2.05, 4.69) is 15.2 Å². The minimum atomic E-state index is -4.73. The lowest BCUT2D eigenvalue weighted by Crippen LogP contribution is -2.47. The number of nitrogens with one attached hydrogen (secondary N) is 1. The van der Waals surface area contributed by atoms with Gasteiger partial charge in [0.15, 0.2) is 0 Å². The van der Waals surface area contributed by atoms with Gasteiger partial charge in [-0.15, -0.1) is 0 Å². The number of amides is 1. The summed E-state index contributed by atoms with van der Waals surface area (Å²) in [6, 6.07) is 1.97. The fourth-order valence-corrected chi connectivity index (χ4v) is 4.25. The second-order valence-electron chi connectivity index (χ2n) is 8.16. The number of anilines is 1. The Kier molecular flexibility index (Phi) is 6.81. The molecule has 3 atom stereocenters. The van der Waals surface area contributed by atoms with Crippen LogP contribution in [-0.4, -0.2) is 42.4 Å². The predicted octanol–water partition coefficient (Wildman–Crippen LogP) is 5.10. The predicted molar refractivity (Wildman–Crippen MR) is 99.1 cm³/mol. The van der Waals surface area contributed by atoms with Gasteiger partial charge in [0.2, 0.25) is 0 Å². The normalized spacial score (nSPS) is 26.2. The molecule has 1 unspecified atom stereocenters. The first-order valence-electron chi connectivity index (χ1n) is 10.2. The second kappa shape index (κ2) is 9.01. The highest BCUT2D eigenvalue weighted by molar-refractivity contribution is 5.94. The van der Waals surface area contributed by atoms with E-state index in [1.54, 1.807) is 6.07 Å². The highest BCUT2D eigenvalue weighted by Crippen LogP contribution is 2.45. The molecule has 1 saturated heterocycles. The largest absolute Gasteiger partial charge is 0.391 e. The Morgan fingerprint density at radius 2 is 1.47 bits per heavy atom. The lowest BCUT2D eigenvalue weighted by molar-refractivity contribution is -0.225. The van der Waals surface area contributed by atoms with Crippen LogP contribution in [0.2, 0.25) is 0 Å². The van der Waals surface area contributed by atoms with Gasteiger partial charge in [-0.05, 0) is 44.2 Å². The van der Waals surface area contributed by atoms with Crippen LogP contribution in [0, 0.1) is 11.8 Å². The van der Waals surface area contributed by atoms with Crippen molar-refractivity contribution in [1.29, 1.82) is 0 Å². The maximum Gasteiger partial charge on any atom is 0.391 e. The van der Waals surface area contributed by atoms with Gasteiger partial charge in [0.25, 0.3) is 5.91 Å². The topological polar surface area (TPSA) is 45.2 Å². The second-order valence-corrected chi connectivity index (χ2v) is 8.16. The molecule has 1 amide bonds. The van der Waals surface area contributed by atoms with E-state index in [0.717, 1.165) is 38.8 Å². The molecular weight excluding hydrogens is 412 g/mol. The third kappa shape index (κ3) is 5.78. The van der Waals surface area contributed by atoms with Crippen LogP contribution in [0.5, 0.6) is 0 Å². The van der Waals surface area contributed by atoms with Gasteiger partial charge in [0, 0.05) is 25.3 Å². The Morgan fingerprint density at radius 3 is 1.93 bits per heavy atom. The summed E-state index contributed by atoms with van der Waals surface area (Å²) in [6.07, 6.45) is -5.85. The molecule has 0 aromatic carbocycles. The van der Waals surface area contributed by atoms with E-state index in [-0.39, 0.29) is 5.56 Å². The Morgan fingerprint density at radius 1 is 0.900 bits per heavy atom. The summed E-state index contributed by atoms with van der Waals surface area (Å²) in [4.78, 5) is 18.8. The third-order valence-electron chi connectivity index (χ3n) is 5.91. The number of hydrogen-bond acceptors (Lipinski definition) is 3. The molecule has 1 aromatic rings. The summed E-state index contributed by atoms with van der Waals surface area (Å²) in [5, 5.41) is 2.36. The Bertz CT molecular complexity index is 689. The van der Waals surface area contributed by atoms with Crippen molar-refractivity contribution in [3.05, 3.63) is 23.9 Å². The number of pyridine rings is 1. The number of nitrogens with zero attached hydrogens (tertiary/aromatic N) is 2. The standard InChI is InChI=1S/C20H25F6N3O/c21-19(22,23)14-9-15(20(24,25)26)11-16(10-14)28-18(30)13-5-6-17(27-12-13)29-7-3-1-2-4-8-29/h5-6,12,14-16H,1-4,7-11H2,(H,28,30)/t14-,15+,16?. The maximum atomic E-state index is 13.1. The molecule has 2 aliphatic rings. The van der Waals surface area contributed by atoms with Crippen LogP contribution in [0.25, 0.3) is 0 Å². The van der Waals surface area contributed by atoms with Gasteiger partial charge in [0.05, 0.1) is 17.4 Å². The van der Waals surface area contributed by atoms with E-state index in [1.807, 2.05) is 0 Å². The number of aromatic nitrogens is 1. The van der Waals surface area contributed by atoms with Crippen LogP contribution in [0.4, 0.5) is 32.2 Å². The van der Waals surface area contributed by atoms with Crippen LogP contribution in [-0.2, 0) is 0 Å². The molecule has 0 radical (unpaired) electrons. The number of halogens is 6. The average molecular weight is 437 g/mol. The molecule has 1 saturated carbocycles. The van der Waals surface area contributed by atoms with Crippen molar-refractivity contribution >= 4 is 11.7 Å². The van der Waals surface area contributed by atoms with Crippen molar-refractivity contribution < 1.29 is 31.1 Å². The maximum absolute atomic E-state index is 13.1. The van der Waals surface area contributed by atoms with Crippen LogP contribution in [0.15, 0.2) is 18.3 Å². The SMILES string of the molecule is O=C(NC1C[C@@H](C(F)(F)F)C[C@@H](C(F)(F)F)C1)c1ccc(N2CCCCCC2)nc1. The molecule has 4 nitrogen and oxygen atoms in total. The van der Waals surface area contributed by atoms with E-state index in [9.17, 15) is 31.1 Å². The average Bonchev–Trinajstić information content (AvgIpc) is 2.96. The van der Waals surface area contributed by atoms with E-state index in [0.29, 0.717) is 5.82 Å². The third-order valence-corrected chi connectivity index (χ3v) is 5.91. The molecule has 1 N–H and O–H groups in total. The van der Waals surface area contributed by atoms with Gasteiger partial charge in [-0.2, -0.15) is 26.3 Å². The lowest BCUT2D eigenvalue weighted by Gasteiger charge is -2.37. The van der Waals surface area contributed by atoms with Gasteiger partial charge in [0.1, 0.15) is 5.82 Å². The molecule has 2 fully saturated rings. The summed E-state index contributed by atoms with van der Waals surface area (Å²) >= 11 is 0. The van der Waals surface area contributed by atoms with Crippen LogP contribution in [0.3, 0.4) is 0 Å². The number of rotatable bonds is 3. The molecule has 1 aliphatic carbocycles. The Hall–Kier alpha value is -2.00. The first-order valence-corrected chi connectivity index (χ1v) is 10.2. The fraction of sp³-hybridized carbons (Fsp3) is 0.700. The van der Waals surface area contributed by atoms with Crippen molar-refractivity contribution in [2.24, 2.45) is 11.8 Å². The van der Waals surface area contributed by atoms with Crippen molar-refractivity contribution in [2.45, 2.75) is 63.3 Å². The van der Waals surface area contributed by atoms with Crippen LogP contribution < -0.4 is 10.2 Å². The highest BCUT2D eigenvalue weighted by atomic mass is 19.4. The number of carbonyl (C=O) groups is 1. The summed E-state index contributed by atoms with van der Waals surface area (Å²) < 4.78 is 78.6. The molecule has 1 aromatic heterocycles. The van der Waals surface area contributed by atoms with E-state index < -0.39 is 55.4 Å². The Labute approximate surface area is 171 Å². The van der Waals surface area contributed by atoms with E-state index >= 15 is 0 Å². The molecular formula is C20H25F6N3O. The van der Waals surface area contributed by atoms with Crippen molar-refractivity contribution in [3.8, 4) is 0 Å². The monoisotopic (exact) mass is 437 g/mol. The zero-order valence-electron chi connectivity index (χ0n) is 16.4. The number of carbonyl (C=O) groups excluding carboxylic acids is 1. The molecule has 1 aliphatic heterocycles. The van der Waals surface area contributed by atoms with Crippen molar-refractivity contribution in [1.82, 2.24) is 10.3 Å². The summed E-state index contributed by atoms with van der Waals surface area (Å²) in [7, 11) is 0. The Balaban J connectivity index is 1.66. The highest BCUT2D eigenvalue weighted by Gasteiger charge is 2.52. The van der Waals surface area contributed by atoms with Gasteiger partial charge in [-0.1, -0.05) is 12.8 Å². The molecule has 2 heterocycles. The minimum absolute atomic E-state index is 0.117. The van der Waals surface area contributed by atoms with Crippen molar-refractivity contribution in [3.63, 3.8) is 0 Å². The van der Waals surface area contributed by atoms with E-state index in [1.165, 1.54) is 12.3 Å². The first kappa shape index (κ1) is 22.7. The first-order chi connectivity index (χ1) is 14.0. The molecule has 0 bridgehead atoms. The quantitative estimate of drug-likeness (QED) is 0.670. The lowest BCUT2D eigenvalue weighted by atomic mass is 9.77. The molecule has 168 valence electrons. The smallest absolute Gasteiger partial charge is 0.357 e. The van der Waals surface area contributed by atoms with Crippen molar-refractivity contribution in [2.75, 3.05) is 18.0 Å². The minimum Gasteiger partial charge on any atom is -0.357 e. The summed E-state index contributed by atoms with van der Waals surface area (Å²) in [6.45, 7) is 1.72. The van der Waals surface area contributed by atoms with Gasteiger partial charge in [-0.3, -0.25) is 4.79 Å². The number of hydrogen-bond donors (Lipinski definition) is 1. The molecule has 3 rings (SSSR count). The summed E-state index contributed by atoms with van der Waals surface area (Å²) in [5.74, 6) is -4.18. The fourth-order valence-electron chi connectivity index (χ4n) is 4.25. The van der Waals surface area contributed by atoms with Gasteiger partial charge < -0.3 is 10.2 Å². The van der Waals surface area contributed by atoms with Gasteiger partial charge >= 0.3 is 12.4 Å². The summed E-state index contributed by atoms with van der Waals surface area (Å²) in [5.41, 5.74) is 0.117. The zero-order chi connectivity index (χ0) is 21.9. The van der Waals surface area contributed by atoms with Crippen LogP contribution in [0.1, 0.15) is 55.3 Å². The van der Waals surface area contributed by atoms with Gasteiger partial charge in [-0.25, -0.2) is 4.98 Å². The molecule has 30 heavy (non-hydrogen) atoms. The number of alkyl halides is 6. The molecule has 0 spiro atoms. The molecule has 10 heteroatoms. The van der Waals surface area contributed by atoms with E-state index in [4.69, 9.17) is 0 Å². The van der Waals surface area contributed by atoms with Crippen LogP contribution >= 0.6 is 0 Å². The zero-order valence-corrected chi connectivity index (χ0v) is 16.4.